The molecule has 0 bridgehead atoms. The number of H-pyrrole nitrogens is 1. The summed E-state index contributed by atoms with van der Waals surface area (Å²) in [4.78, 5) is 19.6. The van der Waals surface area contributed by atoms with Gasteiger partial charge in [-0.2, -0.15) is 0 Å². The second kappa shape index (κ2) is 5.56. The van der Waals surface area contributed by atoms with E-state index in [9.17, 15) is 4.79 Å². The molecular formula is C15H25N3O2. The van der Waals surface area contributed by atoms with Crippen LogP contribution in [-0.4, -0.2) is 17.1 Å². The molecule has 0 radical (unpaired) electrons. The van der Waals surface area contributed by atoms with Crippen LogP contribution in [0.4, 0.5) is 5.82 Å². The van der Waals surface area contributed by atoms with Gasteiger partial charge in [0, 0.05) is 7.11 Å². The fraction of sp³-hybridized carbons (Fsp3) is 0.733. The predicted octanol–water partition coefficient (Wildman–Crippen LogP) is 2.53. The molecule has 0 spiro atoms. The molecular weight excluding hydrogens is 254 g/mol. The van der Waals surface area contributed by atoms with Crippen molar-refractivity contribution in [3.63, 3.8) is 0 Å². The van der Waals surface area contributed by atoms with Gasteiger partial charge in [0.1, 0.15) is 17.2 Å². The molecule has 1 heterocycles. The molecule has 0 aliphatic heterocycles. The second-order valence-corrected chi connectivity index (χ2v) is 6.25. The van der Waals surface area contributed by atoms with Crippen LogP contribution in [0.2, 0.25) is 0 Å². The summed E-state index contributed by atoms with van der Waals surface area (Å²) in [7, 11) is 1.68. The molecule has 5 nitrogen and oxygen atoms in total. The summed E-state index contributed by atoms with van der Waals surface area (Å²) in [6.07, 6.45) is 3.88. The number of nitrogens with one attached hydrogen (secondary N) is 1. The molecule has 1 aliphatic carbocycles. The Morgan fingerprint density at radius 2 is 2.00 bits per heavy atom. The van der Waals surface area contributed by atoms with Crippen LogP contribution in [0.1, 0.15) is 63.8 Å². The minimum absolute atomic E-state index is 0.0603. The van der Waals surface area contributed by atoms with E-state index in [1.807, 2.05) is 13.8 Å². The van der Waals surface area contributed by atoms with Gasteiger partial charge in [0.15, 0.2) is 0 Å². The van der Waals surface area contributed by atoms with Gasteiger partial charge in [-0.25, -0.2) is 4.98 Å². The lowest BCUT2D eigenvalue weighted by atomic mass is 9.79. The number of hydrogen-bond acceptors (Lipinski definition) is 4. The highest BCUT2D eigenvalue weighted by molar-refractivity contribution is 5.40. The Labute approximate surface area is 119 Å². The molecule has 1 aliphatic rings. The minimum atomic E-state index is -0.491. The number of aromatic nitrogens is 2. The van der Waals surface area contributed by atoms with Crippen LogP contribution in [-0.2, 0) is 10.3 Å². The smallest absolute Gasteiger partial charge is 0.256 e. The molecule has 0 unspecified atom stereocenters. The maximum absolute atomic E-state index is 12.2. The minimum Gasteiger partial charge on any atom is -0.383 e. The largest absolute Gasteiger partial charge is 0.383 e. The predicted molar refractivity (Wildman–Crippen MR) is 79.7 cm³/mol. The van der Waals surface area contributed by atoms with E-state index in [-0.39, 0.29) is 11.5 Å². The first-order valence-electron chi connectivity index (χ1n) is 7.35. The maximum Gasteiger partial charge on any atom is 0.256 e. The molecule has 0 aromatic carbocycles. The summed E-state index contributed by atoms with van der Waals surface area (Å²) in [5, 5.41) is 0. The molecule has 3 N–H and O–H groups in total. The maximum atomic E-state index is 12.2. The first kappa shape index (κ1) is 15.0. The summed E-state index contributed by atoms with van der Waals surface area (Å²) < 4.78 is 5.74. The van der Waals surface area contributed by atoms with Crippen molar-refractivity contribution in [1.29, 1.82) is 0 Å². The zero-order valence-electron chi connectivity index (χ0n) is 12.8. The third-order valence-electron chi connectivity index (χ3n) is 4.47. The topological polar surface area (TPSA) is 81.0 Å². The monoisotopic (exact) mass is 279 g/mol. The molecule has 5 heteroatoms. The molecule has 1 aromatic rings. The molecule has 0 atom stereocenters. The molecule has 1 saturated carbocycles. The van der Waals surface area contributed by atoms with E-state index in [2.05, 4.69) is 16.9 Å². The molecule has 112 valence electrons. The average molecular weight is 279 g/mol. The van der Waals surface area contributed by atoms with E-state index >= 15 is 0 Å². The van der Waals surface area contributed by atoms with E-state index in [0.29, 0.717) is 23.1 Å². The number of anilines is 1. The SMILES string of the molecule is COC1(c2nc(N)c(C(C)C)c(=O)[nH]2)CCC(C)CC1. The molecule has 20 heavy (non-hydrogen) atoms. The normalized spacial score (nSPS) is 26.9. The van der Waals surface area contributed by atoms with Gasteiger partial charge >= 0.3 is 0 Å². The van der Waals surface area contributed by atoms with Gasteiger partial charge in [0.2, 0.25) is 0 Å². The summed E-state index contributed by atoms with van der Waals surface area (Å²) in [5.41, 5.74) is 5.91. The van der Waals surface area contributed by atoms with Crippen LogP contribution in [0, 0.1) is 5.92 Å². The highest BCUT2D eigenvalue weighted by Gasteiger charge is 2.38. The number of nitrogens with two attached hydrogens (primary N) is 1. The first-order chi connectivity index (χ1) is 9.39. The van der Waals surface area contributed by atoms with Crippen molar-refractivity contribution in [2.24, 2.45) is 5.92 Å². The van der Waals surface area contributed by atoms with Crippen molar-refractivity contribution in [3.05, 3.63) is 21.7 Å². The first-order valence-corrected chi connectivity index (χ1v) is 7.35. The van der Waals surface area contributed by atoms with E-state index in [1.165, 1.54) is 0 Å². The van der Waals surface area contributed by atoms with Crippen molar-refractivity contribution in [2.45, 2.75) is 58.0 Å². The van der Waals surface area contributed by atoms with Crippen molar-refractivity contribution in [3.8, 4) is 0 Å². The standard InChI is InChI=1S/C15H25N3O2/c1-9(2)11-12(16)17-14(18-13(11)19)15(20-4)7-5-10(3)6-8-15/h9-10H,5-8H2,1-4H3,(H3,16,17,18,19). The number of rotatable bonds is 3. The number of nitrogen functional groups attached to an aromatic ring is 1. The van der Waals surface area contributed by atoms with Crippen LogP contribution in [0.25, 0.3) is 0 Å². The Bertz CT molecular complexity index is 528. The van der Waals surface area contributed by atoms with E-state index < -0.39 is 5.60 Å². The van der Waals surface area contributed by atoms with Crippen LogP contribution in [0.5, 0.6) is 0 Å². The quantitative estimate of drug-likeness (QED) is 0.891. The summed E-state index contributed by atoms with van der Waals surface area (Å²) in [6.45, 7) is 6.12. The van der Waals surface area contributed by atoms with Crippen molar-refractivity contribution >= 4 is 5.82 Å². The van der Waals surface area contributed by atoms with Crippen LogP contribution in [0.15, 0.2) is 4.79 Å². The fourth-order valence-electron chi connectivity index (χ4n) is 3.04. The fourth-order valence-corrected chi connectivity index (χ4v) is 3.04. The van der Waals surface area contributed by atoms with Gasteiger partial charge in [0.05, 0.1) is 5.56 Å². The lowest BCUT2D eigenvalue weighted by Crippen LogP contribution is -2.37. The number of methoxy groups -OCH3 is 1. The summed E-state index contributed by atoms with van der Waals surface area (Å²) in [6, 6.07) is 0. The average Bonchev–Trinajstić information content (AvgIpc) is 2.38. The Balaban J connectivity index is 2.44. The van der Waals surface area contributed by atoms with Crippen LogP contribution < -0.4 is 11.3 Å². The van der Waals surface area contributed by atoms with E-state index in [0.717, 1.165) is 25.7 Å². The van der Waals surface area contributed by atoms with Crippen molar-refractivity contribution in [2.75, 3.05) is 12.8 Å². The third kappa shape index (κ3) is 2.59. The van der Waals surface area contributed by atoms with Gasteiger partial charge in [-0.15, -0.1) is 0 Å². The summed E-state index contributed by atoms with van der Waals surface area (Å²) in [5.74, 6) is 1.66. The van der Waals surface area contributed by atoms with E-state index in [4.69, 9.17) is 10.5 Å². The van der Waals surface area contributed by atoms with Crippen molar-refractivity contribution < 1.29 is 4.74 Å². The lowest BCUT2D eigenvalue weighted by Gasteiger charge is -2.37. The number of aromatic amines is 1. The molecule has 1 fully saturated rings. The highest BCUT2D eigenvalue weighted by atomic mass is 16.5. The van der Waals surface area contributed by atoms with E-state index in [1.54, 1.807) is 7.11 Å². The van der Waals surface area contributed by atoms with Gasteiger partial charge in [-0.05, 0) is 37.5 Å². The second-order valence-electron chi connectivity index (χ2n) is 6.25. The lowest BCUT2D eigenvalue weighted by molar-refractivity contribution is -0.0598. The zero-order chi connectivity index (χ0) is 14.9. The third-order valence-corrected chi connectivity index (χ3v) is 4.47. The van der Waals surface area contributed by atoms with Crippen LogP contribution in [0.3, 0.4) is 0 Å². The zero-order valence-corrected chi connectivity index (χ0v) is 12.8. The summed E-state index contributed by atoms with van der Waals surface area (Å²) >= 11 is 0. The molecule has 0 amide bonds. The van der Waals surface area contributed by atoms with Gasteiger partial charge in [0.25, 0.3) is 5.56 Å². The number of nitrogens with zero attached hydrogens (tertiary/aromatic N) is 1. The number of hydrogen-bond donors (Lipinski definition) is 2. The Morgan fingerprint density at radius 3 is 2.45 bits per heavy atom. The molecule has 2 rings (SSSR count). The van der Waals surface area contributed by atoms with Gasteiger partial charge in [-0.1, -0.05) is 20.8 Å². The Kier molecular flexibility index (Phi) is 4.18. The molecule has 1 aromatic heterocycles. The van der Waals surface area contributed by atoms with Gasteiger partial charge in [-0.3, -0.25) is 4.79 Å². The van der Waals surface area contributed by atoms with Gasteiger partial charge < -0.3 is 15.5 Å². The Hall–Kier alpha value is -1.36. The highest BCUT2D eigenvalue weighted by Crippen LogP contribution is 2.40. The number of ether oxygens (including phenoxy) is 1. The Morgan fingerprint density at radius 1 is 1.40 bits per heavy atom. The van der Waals surface area contributed by atoms with Crippen molar-refractivity contribution in [1.82, 2.24) is 9.97 Å². The molecule has 0 saturated heterocycles. The van der Waals surface area contributed by atoms with Crippen LogP contribution >= 0.6 is 0 Å².